The number of nitrogens with zero attached hydrogens (tertiary/aromatic N) is 1. The molecule has 2 heteroatoms. The van der Waals surface area contributed by atoms with Crippen LogP contribution in [0.25, 0.3) is 77.2 Å². The third kappa shape index (κ3) is 5.71. The molecule has 0 aliphatic rings. The number of furan rings is 1. The minimum atomic E-state index is 0.898. The molecule has 0 saturated carbocycles. The van der Waals surface area contributed by atoms with Crippen LogP contribution in [0, 0.1) is 0 Å². The summed E-state index contributed by atoms with van der Waals surface area (Å²) < 4.78 is 6.56. The molecule has 254 valence electrons. The predicted molar refractivity (Wildman–Crippen MR) is 228 cm³/mol. The summed E-state index contributed by atoms with van der Waals surface area (Å²) in [7, 11) is 0. The molecule has 0 amide bonds. The number of hydrogen-bond acceptors (Lipinski definition) is 2. The highest BCUT2D eigenvalue weighted by Gasteiger charge is 2.17. The molecule has 0 unspecified atom stereocenters. The maximum atomic E-state index is 6.56. The highest BCUT2D eigenvalue weighted by Crippen LogP contribution is 2.42. The van der Waals surface area contributed by atoms with Crippen LogP contribution >= 0.6 is 0 Å². The maximum absolute atomic E-state index is 6.56. The van der Waals surface area contributed by atoms with Gasteiger partial charge in [-0.05, 0) is 104 Å². The molecule has 0 saturated heterocycles. The van der Waals surface area contributed by atoms with E-state index in [1.165, 1.54) is 44.3 Å². The molecule has 0 atom stereocenters. The minimum absolute atomic E-state index is 0.898. The average molecular weight is 690 g/mol. The molecule has 0 spiro atoms. The van der Waals surface area contributed by atoms with Gasteiger partial charge in [-0.15, -0.1) is 0 Å². The lowest BCUT2D eigenvalue weighted by atomic mass is 9.94. The zero-order chi connectivity index (χ0) is 35.8. The first-order valence-corrected chi connectivity index (χ1v) is 18.4. The Kier molecular flexibility index (Phi) is 7.85. The Hall–Kier alpha value is -7.16. The number of hydrogen-bond donors (Lipinski definition) is 0. The first-order chi connectivity index (χ1) is 26.8. The van der Waals surface area contributed by atoms with Gasteiger partial charge in [-0.2, -0.15) is 0 Å². The lowest BCUT2D eigenvalue weighted by Crippen LogP contribution is -2.09. The fraction of sp³-hybridized carbons (Fsp3) is 0. The van der Waals surface area contributed by atoms with Crippen LogP contribution < -0.4 is 4.90 Å². The van der Waals surface area contributed by atoms with E-state index in [0.717, 1.165) is 50.0 Å². The standard InChI is InChI=1S/C52H35NO/c1-4-12-36(13-5-1)39-20-27-43(28-21-39)53(44-29-22-40(23-30-44)37-14-6-2-7-15-37)45-31-24-41(25-32-45)48-35-50-49-34-42(38-16-8-3-9-17-38)26-33-51(49)54-52(50)47-19-11-10-18-46(47)48/h1-35H. The van der Waals surface area contributed by atoms with Gasteiger partial charge in [0, 0.05) is 33.2 Å². The Morgan fingerprint density at radius 3 is 1.20 bits per heavy atom. The van der Waals surface area contributed by atoms with Crippen molar-refractivity contribution in [3.8, 4) is 44.5 Å². The van der Waals surface area contributed by atoms with E-state index >= 15 is 0 Å². The van der Waals surface area contributed by atoms with Gasteiger partial charge in [0.15, 0.2) is 0 Å². The predicted octanol–water partition coefficient (Wildman–Crippen LogP) is 14.9. The van der Waals surface area contributed by atoms with E-state index in [1.807, 2.05) is 0 Å². The zero-order valence-corrected chi connectivity index (χ0v) is 29.6. The summed E-state index contributed by atoms with van der Waals surface area (Å²) in [5.41, 5.74) is 14.6. The summed E-state index contributed by atoms with van der Waals surface area (Å²) in [4.78, 5) is 2.34. The molecule has 9 aromatic carbocycles. The van der Waals surface area contributed by atoms with Crippen LogP contribution in [-0.4, -0.2) is 0 Å². The van der Waals surface area contributed by atoms with Gasteiger partial charge in [0.2, 0.25) is 0 Å². The van der Waals surface area contributed by atoms with Gasteiger partial charge in [-0.1, -0.05) is 158 Å². The van der Waals surface area contributed by atoms with E-state index in [2.05, 4.69) is 217 Å². The third-order valence-corrected chi connectivity index (χ3v) is 10.5. The van der Waals surface area contributed by atoms with Crippen molar-refractivity contribution in [1.82, 2.24) is 0 Å². The Morgan fingerprint density at radius 1 is 0.278 bits per heavy atom. The molecule has 0 radical (unpaired) electrons. The van der Waals surface area contributed by atoms with E-state index < -0.39 is 0 Å². The Labute approximate surface area is 314 Å². The van der Waals surface area contributed by atoms with Crippen molar-refractivity contribution < 1.29 is 4.42 Å². The van der Waals surface area contributed by atoms with E-state index in [1.54, 1.807) is 0 Å². The number of benzene rings is 9. The van der Waals surface area contributed by atoms with Gasteiger partial charge in [0.25, 0.3) is 0 Å². The van der Waals surface area contributed by atoms with Gasteiger partial charge in [0.1, 0.15) is 11.2 Å². The van der Waals surface area contributed by atoms with Crippen LogP contribution in [0.1, 0.15) is 0 Å². The smallest absolute Gasteiger partial charge is 0.143 e. The number of fused-ring (bicyclic) bond motifs is 5. The maximum Gasteiger partial charge on any atom is 0.143 e. The summed E-state index contributed by atoms with van der Waals surface area (Å²) in [6.45, 7) is 0. The highest BCUT2D eigenvalue weighted by molar-refractivity contribution is 6.19. The van der Waals surface area contributed by atoms with E-state index in [0.29, 0.717) is 0 Å². The molecule has 1 aromatic heterocycles. The van der Waals surface area contributed by atoms with Crippen LogP contribution in [0.2, 0.25) is 0 Å². The molecule has 0 bridgehead atoms. The van der Waals surface area contributed by atoms with Crippen LogP contribution in [0.4, 0.5) is 17.1 Å². The molecule has 0 aliphatic carbocycles. The Bertz CT molecular complexity index is 2790. The van der Waals surface area contributed by atoms with Crippen molar-refractivity contribution >= 4 is 49.8 Å². The lowest BCUT2D eigenvalue weighted by Gasteiger charge is -2.26. The fourth-order valence-electron chi connectivity index (χ4n) is 7.75. The fourth-order valence-corrected chi connectivity index (χ4v) is 7.75. The first kappa shape index (κ1) is 31.6. The van der Waals surface area contributed by atoms with E-state index in [-0.39, 0.29) is 0 Å². The number of rotatable bonds is 7. The van der Waals surface area contributed by atoms with Crippen molar-refractivity contribution in [3.63, 3.8) is 0 Å². The second kappa shape index (κ2) is 13.4. The van der Waals surface area contributed by atoms with Crippen molar-refractivity contribution in [3.05, 3.63) is 212 Å². The molecular weight excluding hydrogens is 655 g/mol. The zero-order valence-electron chi connectivity index (χ0n) is 29.6. The van der Waals surface area contributed by atoms with E-state index in [4.69, 9.17) is 4.42 Å². The SMILES string of the molecule is c1ccc(-c2ccc(N(c3ccc(-c4ccccc4)cc3)c3ccc(-c4cc5c6cc(-c7ccccc7)ccc6oc5c5ccccc45)cc3)cc2)cc1. The van der Waals surface area contributed by atoms with Crippen molar-refractivity contribution in [2.75, 3.05) is 4.90 Å². The second-order valence-corrected chi connectivity index (χ2v) is 13.7. The van der Waals surface area contributed by atoms with Crippen molar-refractivity contribution in [1.29, 1.82) is 0 Å². The molecule has 10 aromatic rings. The molecule has 0 N–H and O–H groups in total. The first-order valence-electron chi connectivity index (χ1n) is 18.4. The Morgan fingerprint density at radius 2 is 0.685 bits per heavy atom. The van der Waals surface area contributed by atoms with Gasteiger partial charge < -0.3 is 9.32 Å². The van der Waals surface area contributed by atoms with Gasteiger partial charge in [-0.3, -0.25) is 0 Å². The summed E-state index contributed by atoms with van der Waals surface area (Å²) in [6, 6.07) is 75.8. The molecule has 2 nitrogen and oxygen atoms in total. The summed E-state index contributed by atoms with van der Waals surface area (Å²) >= 11 is 0. The van der Waals surface area contributed by atoms with Crippen LogP contribution in [0.3, 0.4) is 0 Å². The quantitative estimate of drug-likeness (QED) is 0.166. The average Bonchev–Trinajstić information content (AvgIpc) is 3.63. The molecule has 1 heterocycles. The Balaban J connectivity index is 1.08. The second-order valence-electron chi connectivity index (χ2n) is 13.7. The van der Waals surface area contributed by atoms with Crippen molar-refractivity contribution in [2.24, 2.45) is 0 Å². The minimum Gasteiger partial charge on any atom is -0.455 e. The largest absolute Gasteiger partial charge is 0.455 e. The van der Waals surface area contributed by atoms with Gasteiger partial charge in [0.05, 0.1) is 0 Å². The molecule has 10 rings (SSSR count). The monoisotopic (exact) mass is 689 g/mol. The van der Waals surface area contributed by atoms with Crippen LogP contribution in [-0.2, 0) is 0 Å². The highest BCUT2D eigenvalue weighted by atomic mass is 16.3. The van der Waals surface area contributed by atoms with Crippen molar-refractivity contribution in [2.45, 2.75) is 0 Å². The summed E-state index contributed by atoms with van der Waals surface area (Å²) in [5, 5.41) is 4.54. The van der Waals surface area contributed by atoms with Gasteiger partial charge in [-0.25, -0.2) is 0 Å². The molecule has 54 heavy (non-hydrogen) atoms. The molecular formula is C52H35NO. The number of anilines is 3. The molecule has 0 aliphatic heterocycles. The summed E-state index contributed by atoms with van der Waals surface area (Å²) in [5.74, 6) is 0. The summed E-state index contributed by atoms with van der Waals surface area (Å²) in [6.07, 6.45) is 0. The third-order valence-electron chi connectivity index (χ3n) is 10.5. The normalized spacial score (nSPS) is 11.3. The molecule has 0 fully saturated rings. The topological polar surface area (TPSA) is 16.4 Å². The van der Waals surface area contributed by atoms with Crippen LogP contribution in [0.15, 0.2) is 217 Å². The lowest BCUT2D eigenvalue weighted by molar-refractivity contribution is 0.673. The van der Waals surface area contributed by atoms with E-state index in [9.17, 15) is 0 Å². The van der Waals surface area contributed by atoms with Crippen LogP contribution in [0.5, 0.6) is 0 Å². The van der Waals surface area contributed by atoms with Gasteiger partial charge >= 0.3 is 0 Å².